The third kappa shape index (κ3) is 8.16. The Kier molecular flexibility index (Phi) is 8.51. The standard InChI is InChI=1S/C57H59N3O/c1-35(2)41-32-47(36(3)4)54(61)49(33-41)55-59-53-46(42-29-43(31-45(30-42)57(9,10)11)50-34-40(26-27-58-50)38-16-13-12-14-17-38)18-15-19-52(53)60(55)51-25-20-37(5)28-48(51)39-21-23-44(24-22-39)56(6,7)8/h12-36,61H,1-11H3/i12D,13D,14D,16D,17D,26D,27D,34D. The van der Waals surface area contributed by atoms with Crippen molar-refractivity contribution in [1.82, 2.24) is 14.5 Å². The Morgan fingerprint density at radius 3 is 2.00 bits per heavy atom. The van der Waals surface area contributed by atoms with Gasteiger partial charge in [-0.05, 0) is 123 Å². The van der Waals surface area contributed by atoms with Crippen molar-refractivity contribution in [3.05, 3.63) is 167 Å². The molecule has 0 bridgehead atoms. The molecule has 0 aliphatic rings. The van der Waals surface area contributed by atoms with E-state index in [4.69, 9.17) is 14.6 Å². The Morgan fingerprint density at radius 1 is 0.623 bits per heavy atom. The van der Waals surface area contributed by atoms with Gasteiger partial charge >= 0.3 is 0 Å². The summed E-state index contributed by atoms with van der Waals surface area (Å²) < 4.78 is 71.7. The predicted octanol–water partition coefficient (Wildman–Crippen LogP) is 15.6. The van der Waals surface area contributed by atoms with E-state index < -0.39 is 47.8 Å². The van der Waals surface area contributed by atoms with Crippen LogP contribution in [-0.2, 0) is 10.8 Å². The number of aromatic nitrogens is 3. The van der Waals surface area contributed by atoms with Crippen molar-refractivity contribution >= 4 is 11.0 Å². The van der Waals surface area contributed by atoms with Gasteiger partial charge in [0.05, 0.1) is 38.9 Å². The average Bonchev–Trinajstić information content (AvgIpc) is 3.68. The van der Waals surface area contributed by atoms with Crippen LogP contribution in [0.4, 0.5) is 0 Å². The van der Waals surface area contributed by atoms with E-state index in [2.05, 4.69) is 146 Å². The zero-order valence-electron chi connectivity index (χ0n) is 45.1. The highest BCUT2D eigenvalue weighted by molar-refractivity contribution is 5.98. The lowest BCUT2D eigenvalue weighted by Gasteiger charge is -2.22. The molecule has 0 spiro atoms. The van der Waals surface area contributed by atoms with Gasteiger partial charge in [-0.2, -0.15) is 0 Å². The first kappa shape index (κ1) is 32.5. The Hall–Kier alpha value is -6.26. The smallest absolute Gasteiger partial charge is 0.149 e. The van der Waals surface area contributed by atoms with E-state index in [1.54, 1.807) is 0 Å². The fourth-order valence-corrected chi connectivity index (χ4v) is 7.91. The van der Waals surface area contributed by atoms with Crippen LogP contribution in [0.2, 0.25) is 0 Å². The molecular weight excluding hydrogens is 743 g/mol. The lowest BCUT2D eigenvalue weighted by atomic mass is 9.83. The van der Waals surface area contributed by atoms with E-state index in [0.29, 0.717) is 22.5 Å². The zero-order valence-corrected chi connectivity index (χ0v) is 37.1. The summed E-state index contributed by atoms with van der Waals surface area (Å²) >= 11 is 0. The van der Waals surface area contributed by atoms with Gasteiger partial charge in [-0.1, -0.05) is 160 Å². The minimum absolute atomic E-state index is 0.0237. The van der Waals surface area contributed by atoms with Gasteiger partial charge in [0.15, 0.2) is 0 Å². The van der Waals surface area contributed by atoms with E-state index >= 15 is 0 Å². The van der Waals surface area contributed by atoms with Crippen LogP contribution in [0.5, 0.6) is 5.75 Å². The minimum Gasteiger partial charge on any atom is -0.507 e. The van der Waals surface area contributed by atoms with Crippen LogP contribution in [0.25, 0.3) is 72.7 Å². The van der Waals surface area contributed by atoms with Crippen LogP contribution < -0.4 is 0 Å². The summed E-state index contributed by atoms with van der Waals surface area (Å²) in [5.41, 5.74) is 11.0. The molecule has 0 saturated carbocycles. The third-order valence-electron chi connectivity index (χ3n) is 11.6. The molecule has 8 rings (SSSR count). The number of para-hydroxylation sites is 1. The van der Waals surface area contributed by atoms with E-state index in [1.807, 2.05) is 30.3 Å². The van der Waals surface area contributed by atoms with E-state index in [-0.39, 0.29) is 45.9 Å². The van der Waals surface area contributed by atoms with E-state index in [1.165, 1.54) is 5.56 Å². The molecule has 4 nitrogen and oxygen atoms in total. The van der Waals surface area contributed by atoms with Gasteiger partial charge in [0, 0.05) is 22.9 Å². The number of rotatable bonds is 8. The maximum Gasteiger partial charge on any atom is 0.149 e. The van der Waals surface area contributed by atoms with Gasteiger partial charge in [-0.3, -0.25) is 9.55 Å². The number of aromatic hydroxyl groups is 1. The van der Waals surface area contributed by atoms with Gasteiger partial charge in [0.1, 0.15) is 11.6 Å². The molecule has 0 aliphatic carbocycles. The maximum absolute atomic E-state index is 12.3. The molecular formula is C57H59N3O. The highest BCUT2D eigenvalue weighted by atomic mass is 16.3. The third-order valence-corrected chi connectivity index (χ3v) is 11.6. The van der Waals surface area contributed by atoms with Crippen LogP contribution in [0, 0.1) is 6.92 Å². The van der Waals surface area contributed by atoms with Crippen molar-refractivity contribution in [2.45, 2.75) is 98.8 Å². The van der Waals surface area contributed by atoms with Crippen molar-refractivity contribution in [2.24, 2.45) is 0 Å². The van der Waals surface area contributed by atoms with Crippen molar-refractivity contribution < 1.29 is 16.1 Å². The van der Waals surface area contributed by atoms with Gasteiger partial charge in [-0.25, -0.2) is 4.98 Å². The van der Waals surface area contributed by atoms with Gasteiger partial charge in [-0.15, -0.1) is 0 Å². The summed E-state index contributed by atoms with van der Waals surface area (Å²) in [7, 11) is 0. The molecule has 0 amide bonds. The molecule has 308 valence electrons. The average molecular weight is 810 g/mol. The fourth-order valence-electron chi connectivity index (χ4n) is 7.91. The zero-order chi connectivity index (χ0) is 50.3. The Labute approximate surface area is 374 Å². The molecule has 8 aromatic rings. The number of pyridine rings is 1. The lowest BCUT2D eigenvalue weighted by molar-refractivity contribution is 0.466. The number of nitrogens with zero attached hydrogens (tertiary/aromatic N) is 3. The highest BCUT2D eigenvalue weighted by Crippen LogP contribution is 2.44. The minimum atomic E-state index is -0.598. The van der Waals surface area contributed by atoms with E-state index in [9.17, 15) is 6.48 Å². The summed E-state index contributed by atoms with van der Waals surface area (Å²) in [4.78, 5) is 10.0. The first-order valence-electron chi connectivity index (χ1n) is 25.1. The molecule has 61 heavy (non-hydrogen) atoms. The normalized spacial score (nSPS) is 14.0. The van der Waals surface area contributed by atoms with Crippen molar-refractivity contribution in [2.75, 3.05) is 0 Å². The van der Waals surface area contributed by atoms with Crippen molar-refractivity contribution in [3.8, 4) is 67.5 Å². The summed E-state index contributed by atoms with van der Waals surface area (Å²) in [6.45, 7) is 23.4. The van der Waals surface area contributed by atoms with E-state index in [0.717, 1.165) is 55.7 Å². The number of benzene rings is 6. The monoisotopic (exact) mass is 810 g/mol. The quantitative estimate of drug-likeness (QED) is 0.166. The molecule has 0 radical (unpaired) electrons. The fraction of sp³-hybridized carbons (Fsp3) is 0.263. The van der Waals surface area contributed by atoms with Gasteiger partial charge in [0.25, 0.3) is 0 Å². The topological polar surface area (TPSA) is 50.9 Å². The van der Waals surface area contributed by atoms with Gasteiger partial charge < -0.3 is 5.11 Å². The molecule has 0 fully saturated rings. The Bertz CT molecular complexity index is 3330. The second-order valence-corrected chi connectivity index (χ2v) is 18.9. The SMILES string of the molecule is [2H]c1nc(-c2cc(-c3cccc4c3nc(-c3cc(C(C)C)cc(C(C)C)c3O)n4-c3ccc(C)cc3-c3ccc(C(C)(C)C)cc3)cc(C(C)(C)C)c2)c([2H])c(-c2c([2H])c([2H])c([2H])c([2H])c2[2H])c1[2H]. The van der Waals surface area contributed by atoms with Crippen molar-refractivity contribution in [1.29, 1.82) is 0 Å². The molecule has 2 aromatic heterocycles. The Balaban J connectivity index is 1.46. The van der Waals surface area contributed by atoms with Crippen LogP contribution in [0.15, 0.2) is 139 Å². The maximum atomic E-state index is 12.3. The van der Waals surface area contributed by atoms with Crippen LogP contribution in [0.3, 0.4) is 0 Å². The number of hydrogen-bond acceptors (Lipinski definition) is 3. The molecule has 6 aromatic carbocycles. The van der Waals surface area contributed by atoms with Gasteiger partial charge in [0.2, 0.25) is 0 Å². The first-order valence-corrected chi connectivity index (χ1v) is 21.1. The van der Waals surface area contributed by atoms with Crippen LogP contribution >= 0.6 is 0 Å². The first-order chi connectivity index (χ1) is 32.3. The van der Waals surface area contributed by atoms with Crippen molar-refractivity contribution in [3.63, 3.8) is 0 Å². The molecule has 2 heterocycles. The van der Waals surface area contributed by atoms with Crippen LogP contribution in [-0.4, -0.2) is 19.6 Å². The molecule has 1 N–H and O–H groups in total. The highest BCUT2D eigenvalue weighted by Gasteiger charge is 2.26. The summed E-state index contributed by atoms with van der Waals surface area (Å²) in [6, 6.07) is 27.4. The number of phenolic OH excluding ortho intramolecular Hbond substituents is 1. The number of fused-ring (bicyclic) bond motifs is 1. The molecule has 0 unspecified atom stereocenters. The largest absolute Gasteiger partial charge is 0.507 e. The summed E-state index contributed by atoms with van der Waals surface area (Å²) in [5.74, 6) is 0.914. The van der Waals surface area contributed by atoms with Crippen LogP contribution in [0.1, 0.15) is 120 Å². The molecule has 0 atom stereocenters. The Morgan fingerprint density at radius 2 is 1.33 bits per heavy atom. The number of phenols is 1. The summed E-state index contributed by atoms with van der Waals surface area (Å²) in [6.07, 6.45) is -0.498. The number of hydrogen-bond donors (Lipinski definition) is 1. The molecule has 0 aliphatic heterocycles. The second-order valence-electron chi connectivity index (χ2n) is 18.9. The second kappa shape index (κ2) is 16.0. The number of imidazole rings is 1. The molecule has 4 heteroatoms. The number of aryl methyl sites for hydroxylation is 1. The summed E-state index contributed by atoms with van der Waals surface area (Å²) in [5, 5.41) is 12.3. The lowest BCUT2D eigenvalue weighted by Crippen LogP contribution is -2.11. The predicted molar refractivity (Wildman–Crippen MR) is 258 cm³/mol. The molecule has 0 saturated heterocycles.